The minimum absolute atomic E-state index is 0.0355. The van der Waals surface area contributed by atoms with Crippen LogP contribution in [0, 0.1) is 5.41 Å². The first kappa shape index (κ1) is 23.8. The Morgan fingerprint density at radius 1 is 1.36 bits per heavy atom. The largest absolute Gasteiger partial charge is 0.478 e. The lowest BCUT2D eigenvalue weighted by atomic mass is 9.94. The molecule has 0 atom stereocenters. The second-order valence-electron chi connectivity index (χ2n) is 6.80. The first-order valence-electron chi connectivity index (χ1n) is 8.62. The Morgan fingerprint density at radius 3 is 2.54 bits per heavy atom. The van der Waals surface area contributed by atoms with Crippen LogP contribution in [-0.4, -0.2) is 33.6 Å². The average molecular weight is 421 g/mol. The minimum atomic E-state index is -4.39. The van der Waals surface area contributed by atoms with E-state index in [0.29, 0.717) is 12.1 Å². The van der Waals surface area contributed by atoms with Gasteiger partial charge in [0, 0.05) is 18.0 Å². The number of nitrogens with zero attached hydrogens (tertiary/aromatic N) is 2. The van der Waals surface area contributed by atoms with Crippen LogP contribution >= 0.6 is 11.6 Å². The smallest absolute Gasteiger partial charge is 0.397 e. The summed E-state index contributed by atoms with van der Waals surface area (Å²) in [6.45, 7) is 5.13. The van der Waals surface area contributed by atoms with E-state index in [1.54, 1.807) is 13.0 Å². The van der Waals surface area contributed by atoms with Crippen LogP contribution in [0.15, 0.2) is 41.1 Å². The van der Waals surface area contributed by atoms with Gasteiger partial charge in [-0.1, -0.05) is 31.0 Å². The molecule has 0 bridgehead atoms. The maximum Gasteiger partial charge on any atom is 0.397 e. The highest BCUT2D eigenvalue weighted by molar-refractivity contribution is 6.34. The lowest BCUT2D eigenvalue weighted by Gasteiger charge is -2.26. The quantitative estimate of drug-likeness (QED) is 0.414. The van der Waals surface area contributed by atoms with Crippen molar-refractivity contribution in [2.45, 2.75) is 46.7 Å². The maximum absolute atomic E-state index is 12.9. The molecule has 156 valence electrons. The summed E-state index contributed by atoms with van der Waals surface area (Å²) in [7, 11) is 0. The fraction of sp³-hybridized carbons (Fsp3) is 0.474. The SMILES string of the molecule is CCC/C=C(Cl)/C(=C\C=C(/C)n1ccc(OCC(C)(C)C(F)(F)F)n1)C(=O)O. The number of allylic oxidation sites excluding steroid dienone is 4. The van der Waals surface area contributed by atoms with Gasteiger partial charge in [-0.15, -0.1) is 5.10 Å². The van der Waals surface area contributed by atoms with Crippen LogP contribution in [0.1, 0.15) is 40.5 Å². The third-order valence-electron chi connectivity index (χ3n) is 3.87. The Morgan fingerprint density at radius 2 is 2.00 bits per heavy atom. The molecule has 0 amide bonds. The summed E-state index contributed by atoms with van der Waals surface area (Å²) in [5.74, 6) is -1.13. The van der Waals surface area contributed by atoms with Crippen LogP contribution in [0.4, 0.5) is 13.2 Å². The van der Waals surface area contributed by atoms with Gasteiger partial charge in [0.25, 0.3) is 0 Å². The molecule has 1 rings (SSSR count). The first-order valence-corrected chi connectivity index (χ1v) is 9.00. The van der Waals surface area contributed by atoms with Crippen LogP contribution < -0.4 is 4.74 Å². The van der Waals surface area contributed by atoms with E-state index in [9.17, 15) is 23.1 Å². The molecule has 0 unspecified atom stereocenters. The lowest BCUT2D eigenvalue weighted by Crippen LogP contribution is -2.37. The molecule has 1 aromatic heterocycles. The zero-order chi connectivity index (χ0) is 21.5. The molecule has 5 nitrogen and oxygen atoms in total. The topological polar surface area (TPSA) is 64.4 Å². The van der Waals surface area contributed by atoms with Crippen LogP contribution in [0.3, 0.4) is 0 Å². The Labute approximate surface area is 167 Å². The third-order valence-corrected chi connectivity index (χ3v) is 4.22. The van der Waals surface area contributed by atoms with Gasteiger partial charge in [-0.3, -0.25) is 0 Å². The molecule has 9 heteroatoms. The zero-order valence-electron chi connectivity index (χ0n) is 16.2. The number of rotatable bonds is 9. The van der Waals surface area contributed by atoms with Gasteiger partial charge in [-0.2, -0.15) is 13.2 Å². The van der Waals surface area contributed by atoms with Gasteiger partial charge >= 0.3 is 12.1 Å². The molecule has 0 fully saturated rings. The van der Waals surface area contributed by atoms with E-state index in [4.69, 9.17) is 16.3 Å². The van der Waals surface area contributed by atoms with Crippen molar-refractivity contribution in [1.82, 2.24) is 9.78 Å². The van der Waals surface area contributed by atoms with Gasteiger partial charge in [0.1, 0.15) is 6.61 Å². The predicted molar refractivity (Wildman–Crippen MR) is 102 cm³/mol. The molecular weight excluding hydrogens is 397 g/mol. The van der Waals surface area contributed by atoms with Gasteiger partial charge in [0.15, 0.2) is 0 Å². The van der Waals surface area contributed by atoms with Crippen molar-refractivity contribution in [3.8, 4) is 5.88 Å². The maximum atomic E-state index is 12.9. The van der Waals surface area contributed by atoms with Gasteiger partial charge in [-0.25, -0.2) is 9.48 Å². The number of halogens is 4. The third kappa shape index (κ3) is 6.74. The van der Waals surface area contributed by atoms with Crippen molar-refractivity contribution < 1.29 is 27.8 Å². The molecule has 0 radical (unpaired) electrons. The number of carbonyl (C=O) groups is 1. The average Bonchev–Trinajstić information content (AvgIpc) is 3.06. The van der Waals surface area contributed by atoms with E-state index in [1.165, 1.54) is 29.1 Å². The molecule has 0 aliphatic heterocycles. The van der Waals surface area contributed by atoms with Crippen molar-refractivity contribution in [2.24, 2.45) is 5.41 Å². The zero-order valence-corrected chi connectivity index (χ0v) is 16.9. The number of ether oxygens (including phenoxy) is 1. The normalized spacial score (nSPS) is 14.4. The van der Waals surface area contributed by atoms with Crippen LogP contribution in [0.5, 0.6) is 5.88 Å². The van der Waals surface area contributed by atoms with Gasteiger partial charge < -0.3 is 9.84 Å². The van der Waals surface area contributed by atoms with Crippen molar-refractivity contribution in [3.05, 3.63) is 41.1 Å². The number of aliphatic carboxylic acids is 1. The number of alkyl halides is 3. The fourth-order valence-corrected chi connectivity index (χ4v) is 2.08. The number of unbranched alkanes of at least 4 members (excludes halogenated alkanes) is 1. The minimum Gasteiger partial charge on any atom is -0.478 e. The van der Waals surface area contributed by atoms with Crippen LogP contribution in [0.25, 0.3) is 5.70 Å². The van der Waals surface area contributed by atoms with Crippen molar-refractivity contribution in [3.63, 3.8) is 0 Å². The molecule has 0 aliphatic carbocycles. The lowest BCUT2D eigenvalue weighted by molar-refractivity contribution is -0.219. The molecule has 0 aliphatic rings. The first-order chi connectivity index (χ1) is 12.9. The van der Waals surface area contributed by atoms with Crippen molar-refractivity contribution >= 4 is 23.3 Å². The van der Waals surface area contributed by atoms with Crippen molar-refractivity contribution in [1.29, 1.82) is 0 Å². The van der Waals surface area contributed by atoms with Crippen LogP contribution in [-0.2, 0) is 4.79 Å². The van der Waals surface area contributed by atoms with E-state index in [0.717, 1.165) is 20.3 Å². The summed E-state index contributed by atoms with van der Waals surface area (Å²) < 4.78 is 45.1. The van der Waals surface area contributed by atoms with Gasteiger partial charge in [0.05, 0.1) is 16.0 Å². The molecule has 1 aromatic rings. The highest BCUT2D eigenvalue weighted by atomic mass is 35.5. The van der Waals surface area contributed by atoms with E-state index in [1.807, 2.05) is 6.92 Å². The van der Waals surface area contributed by atoms with Gasteiger partial charge in [-0.05, 0) is 39.3 Å². The second kappa shape index (κ2) is 9.82. The number of aromatic nitrogens is 2. The Hall–Kier alpha value is -2.22. The number of carboxylic acid groups (broad SMARTS) is 1. The summed E-state index contributed by atoms with van der Waals surface area (Å²) in [6.07, 6.45) is 3.08. The monoisotopic (exact) mass is 420 g/mol. The fourth-order valence-electron chi connectivity index (χ4n) is 1.83. The van der Waals surface area contributed by atoms with Gasteiger partial charge in [0.2, 0.25) is 5.88 Å². The molecule has 0 spiro atoms. The van der Waals surface area contributed by atoms with Crippen LogP contribution in [0.2, 0.25) is 0 Å². The highest BCUT2D eigenvalue weighted by Crippen LogP contribution is 2.37. The van der Waals surface area contributed by atoms with Crippen molar-refractivity contribution in [2.75, 3.05) is 6.61 Å². The standard InChI is InChI=1S/C19H24ClF3N2O3/c1-5-6-7-15(20)14(17(26)27)9-8-13(2)25-11-10-16(24-25)28-12-18(3,4)19(21,22)23/h7-11H,5-6,12H2,1-4H3,(H,26,27)/b13-8+,14-9+,15-7-. The Balaban J connectivity index is 2.93. The molecule has 1 N–H and O–H groups in total. The molecule has 1 heterocycles. The summed E-state index contributed by atoms with van der Waals surface area (Å²) in [5.41, 5.74) is -1.55. The molecule has 0 saturated carbocycles. The number of hydrogen-bond acceptors (Lipinski definition) is 3. The molecule has 0 aromatic carbocycles. The number of carboxylic acids is 1. The second-order valence-corrected chi connectivity index (χ2v) is 7.21. The summed E-state index contributed by atoms with van der Waals surface area (Å²) >= 11 is 6.02. The predicted octanol–water partition coefficient (Wildman–Crippen LogP) is 5.65. The Bertz CT molecular complexity index is 778. The van der Waals surface area contributed by atoms with E-state index < -0.39 is 24.2 Å². The molecule has 28 heavy (non-hydrogen) atoms. The summed E-state index contributed by atoms with van der Waals surface area (Å²) in [5, 5.41) is 13.5. The van der Waals surface area contributed by atoms with E-state index in [2.05, 4.69) is 5.10 Å². The number of hydrogen-bond donors (Lipinski definition) is 1. The molecule has 0 saturated heterocycles. The summed E-state index contributed by atoms with van der Waals surface area (Å²) in [4.78, 5) is 11.4. The molecular formula is C19H24ClF3N2O3. The summed E-state index contributed by atoms with van der Waals surface area (Å²) in [6, 6.07) is 1.43. The highest BCUT2D eigenvalue weighted by Gasteiger charge is 2.48. The van der Waals surface area contributed by atoms with E-state index in [-0.39, 0.29) is 16.5 Å². The Kier molecular flexibility index (Phi) is 8.35. The van der Waals surface area contributed by atoms with E-state index >= 15 is 0 Å².